The van der Waals surface area contributed by atoms with E-state index in [1.807, 2.05) is 23.1 Å². The van der Waals surface area contributed by atoms with Crippen LogP contribution in [-0.2, 0) is 6.42 Å². The van der Waals surface area contributed by atoms with E-state index >= 15 is 0 Å². The van der Waals surface area contributed by atoms with Crippen LogP contribution in [0.3, 0.4) is 0 Å². The third kappa shape index (κ3) is 3.00. The zero-order valence-corrected chi connectivity index (χ0v) is 13.9. The van der Waals surface area contributed by atoms with Gasteiger partial charge in [-0.2, -0.15) is 0 Å². The highest BCUT2D eigenvalue weighted by molar-refractivity contribution is 7.98. The first-order valence-electron chi connectivity index (χ1n) is 7.08. The molecule has 0 fully saturated rings. The summed E-state index contributed by atoms with van der Waals surface area (Å²) in [6.45, 7) is 0. The summed E-state index contributed by atoms with van der Waals surface area (Å²) in [6.07, 6.45) is 3.17. The molecule has 2 aromatic carbocycles. The molecule has 0 saturated heterocycles. The first-order valence-corrected chi connectivity index (χ1v) is 9.19. The molecule has 1 atom stereocenters. The van der Waals surface area contributed by atoms with Gasteiger partial charge in [-0.3, -0.25) is 0 Å². The van der Waals surface area contributed by atoms with Gasteiger partial charge in [-0.15, -0.1) is 23.1 Å². The second-order valence-corrected chi connectivity index (χ2v) is 6.80. The minimum Gasteiger partial charge on any atom is -0.313 e. The van der Waals surface area contributed by atoms with Crippen molar-refractivity contribution in [1.82, 2.24) is 5.32 Å². The van der Waals surface area contributed by atoms with Crippen molar-refractivity contribution in [3.63, 3.8) is 0 Å². The molecule has 0 aliphatic rings. The molecule has 0 amide bonds. The number of likely N-dealkylation sites (N-methyl/N-ethyl adjacent to an activating group) is 1. The number of thiophene rings is 1. The Balaban J connectivity index is 1.94. The van der Waals surface area contributed by atoms with E-state index in [0.29, 0.717) is 6.04 Å². The molecule has 1 nitrogen and oxygen atoms in total. The Kier molecular flexibility index (Phi) is 4.63. The first-order chi connectivity index (χ1) is 10.3. The van der Waals surface area contributed by atoms with Crippen molar-refractivity contribution in [2.24, 2.45) is 0 Å². The fraction of sp³-hybridized carbons (Fsp3) is 0.222. The Morgan fingerprint density at radius 3 is 2.67 bits per heavy atom. The van der Waals surface area contributed by atoms with E-state index in [1.165, 1.54) is 26.1 Å². The molecule has 0 radical (unpaired) electrons. The van der Waals surface area contributed by atoms with Gasteiger partial charge in [0.25, 0.3) is 0 Å². The molecule has 1 unspecified atom stereocenters. The molecule has 0 aliphatic carbocycles. The number of hydrogen-bond donors (Lipinski definition) is 1. The molecule has 3 aromatic rings. The van der Waals surface area contributed by atoms with Crippen molar-refractivity contribution in [3.8, 4) is 0 Å². The summed E-state index contributed by atoms with van der Waals surface area (Å²) in [7, 11) is 2.05. The summed E-state index contributed by atoms with van der Waals surface area (Å²) in [5.74, 6) is 0. The van der Waals surface area contributed by atoms with Gasteiger partial charge in [0, 0.05) is 15.6 Å². The summed E-state index contributed by atoms with van der Waals surface area (Å²) in [6, 6.07) is 17.7. The van der Waals surface area contributed by atoms with Crippen LogP contribution in [-0.4, -0.2) is 13.3 Å². The lowest BCUT2D eigenvalue weighted by atomic mass is 9.98. The summed E-state index contributed by atoms with van der Waals surface area (Å²) in [5, 5.41) is 7.18. The van der Waals surface area contributed by atoms with Gasteiger partial charge >= 0.3 is 0 Å². The van der Waals surface area contributed by atoms with Crippen LogP contribution in [0.15, 0.2) is 58.8 Å². The van der Waals surface area contributed by atoms with Crippen LogP contribution in [0.1, 0.15) is 17.2 Å². The normalized spacial score (nSPS) is 12.7. The maximum atomic E-state index is 3.49. The highest BCUT2D eigenvalue weighted by atomic mass is 32.2. The van der Waals surface area contributed by atoms with Crippen molar-refractivity contribution >= 4 is 33.2 Å². The average Bonchev–Trinajstić information content (AvgIpc) is 2.95. The standard InChI is InChI=1S/C18H19NS2/c1-19-16(15-8-4-5-9-17(15)20-2)11-13-12-21-18-10-6-3-7-14(13)18/h3-10,12,16,19H,11H2,1-2H3. The molecule has 1 heterocycles. The van der Waals surface area contributed by atoms with Crippen molar-refractivity contribution < 1.29 is 0 Å². The molecule has 0 spiro atoms. The molecule has 0 aliphatic heterocycles. The Bertz CT molecular complexity index is 733. The Hall–Kier alpha value is -1.29. The van der Waals surface area contributed by atoms with Crippen LogP contribution < -0.4 is 5.32 Å². The number of rotatable bonds is 5. The number of thioether (sulfide) groups is 1. The minimum atomic E-state index is 0.353. The van der Waals surface area contributed by atoms with Gasteiger partial charge in [-0.25, -0.2) is 0 Å². The summed E-state index contributed by atoms with van der Waals surface area (Å²) >= 11 is 3.66. The third-order valence-electron chi connectivity index (χ3n) is 3.85. The first kappa shape index (κ1) is 14.6. The van der Waals surface area contributed by atoms with Crippen LogP contribution in [0, 0.1) is 0 Å². The molecule has 21 heavy (non-hydrogen) atoms. The van der Waals surface area contributed by atoms with E-state index < -0.39 is 0 Å². The van der Waals surface area contributed by atoms with E-state index in [2.05, 4.69) is 72.5 Å². The van der Waals surface area contributed by atoms with Crippen molar-refractivity contribution in [2.75, 3.05) is 13.3 Å². The van der Waals surface area contributed by atoms with Gasteiger partial charge in [-0.05, 0) is 53.8 Å². The maximum absolute atomic E-state index is 3.49. The third-order valence-corrected chi connectivity index (χ3v) is 5.67. The van der Waals surface area contributed by atoms with Gasteiger partial charge in [-0.1, -0.05) is 36.4 Å². The van der Waals surface area contributed by atoms with Crippen molar-refractivity contribution in [3.05, 3.63) is 65.0 Å². The van der Waals surface area contributed by atoms with Gasteiger partial charge in [0.1, 0.15) is 0 Å². The lowest BCUT2D eigenvalue weighted by Crippen LogP contribution is -2.19. The van der Waals surface area contributed by atoms with Crippen molar-refractivity contribution in [2.45, 2.75) is 17.4 Å². The number of benzene rings is 2. The Morgan fingerprint density at radius 2 is 1.86 bits per heavy atom. The van der Waals surface area contributed by atoms with Crippen LogP contribution in [0.25, 0.3) is 10.1 Å². The monoisotopic (exact) mass is 313 g/mol. The van der Waals surface area contributed by atoms with E-state index in [0.717, 1.165) is 6.42 Å². The molecule has 3 rings (SSSR count). The minimum absolute atomic E-state index is 0.353. The second-order valence-electron chi connectivity index (χ2n) is 5.04. The topological polar surface area (TPSA) is 12.0 Å². The van der Waals surface area contributed by atoms with Gasteiger partial charge in [0.05, 0.1) is 0 Å². The molecule has 0 bridgehead atoms. The number of nitrogens with one attached hydrogen (secondary N) is 1. The second kappa shape index (κ2) is 6.65. The largest absolute Gasteiger partial charge is 0.313 e. The molecular formula is C18H19NS2. The van der Waals surface area contributed by atoms with Crippen molar-refractivity contribution in [1.29, 1.82) is 0 Å². The lowest BCUT2D eigenvalue weighted by Gasteiger charge is -2.19. The van der Waals surface area contributed by atoms with Crippen LogP contribution >= 0.6 is 23.1 Å². The number of fused-ring (bicyclic) bond motifs is 1. The Labute approximate surface area is 134 Å². The molecule has 1 aromatic heterocycles. The van der Waals surface area contributed by atoms with Crippen LogP contribution in [0.4, 0.5) is 0 Å². The molecule has 3 heteroatoms. The fourth-order valence-electron chi connectivity index (χ4n) is 2.73. The smallest absolute Gasteiger partial charge is 0.0370 e. The maximum Gasteiger partial charge on any atom is 0.0370 e. The fourth-order valence-corrected chi connectivity index (χ4v) is 4.37. The van der Waals surface area contributed by atoms with Crippen LogP contribution in [0.5, 0.6) is 0 Å². The summed E-state index contributed by atoms with van der Waals surface area (Å²) in [4.78, 5) is 1.36. The molecule has 0 saturated carbocycles. The van der Waals surface area contributed by atoms with Gasteiger partial charge in [0.2, 0.25) is 0 Å². The average molecular weight is 313 g/mol. The molecular weight excluding hydrogens is 294 g/mol. The SMILES string of the molecule is CNC(Cc1csc2ccccc12)c1ccccc1SC. The lowest BCUT2D eigenvalue weighted by molar-refractivity contribution is 0.585. The van der Waals surface area contributed by atoms with Gasteiger partial charge in [0.15, 0.2) is 0 Å². The van der Waals surface area contributed by atoms with E-state index in [4.69, 9.17) is 0 Å². The predicted octanol–water partition coefficient (Wildman–Crippen LogP) is 5.13. The zero-order chi connectivity index (χ0) is 14.7. The van der Waals surface area contributed by atoms with E-state index in [1.54, 1.807) is 0 Å². The summed E-state index contributed by atoms with van der Waals surface area (Å²) in [5.41, 5.74) is 2.83. The quantitative estimate of drug-likeness (QED) is 0.656. The molecule has 1 N–H and O–H groups in total. The van der Waals surface area contributed by atoms with E-state index in [-0.39, 0.29) is 0 Å². The van der Waals surface area contributed by atoms with Gasteiger partial charge < -0.3 is 5.32 Å². The van der Waals surface area contributed by atoms with Crippen LogP contribution in [0.2, 0.25) is 0 Å². The number of hydrogen-bond acceptors (Lipinski definition) is 3. The molecule has 108 valence electrons. The summed E-state index contributed by atoms with van der Waals surface area (Å²) < 4.78 is 1.38. The highest BCUT2D eigenvalue weighted by Crippen LogP contribution is 2.32. The zero-order valence-electron chi connectivity index (χ0n) is 12.3. The van der Waals surface area contributed by atoms with E-state index in [9.17, 15) is 0 Å². The predicted molar refractivity (Wildman–Crippen MR) is 95.6 cm³/mol. The Morgan fingerprint density at radius 1 is 1.10 bits per heavy atom. The highest BCUT2D eigenvalue weighted by Gasteiger charge is 2.15.